The molecule has 0 radical (unpaired) electrons. The number of amides is 1. The molecule has 2 rings (SSSR count). The molecule has 0 saturated carbocycles. The molecule has 1 aliphatic heterocycles. The van der Waals surface area contributed by atoms with Crippen LogP contribution in [0.15, 0.2) is 6.07 Å². The van der Waals surface area contributed by atoms with Crippen molar-refractivity contribution in [1.29, 1.82) is 0 Å². The molecule has 0 bridgehead atoms. The van der Waals surface area contributed by atoms with E-state index in [4.69, 9.17) is 4.74 Å². The van der Waals surface area contributed by atoms with Crippen LogP contribution in [-0.2, 0) is 16.6 Å². The SMILES string of the molecule is Cc1cc(NC(=O)CC2COC2)n(C)n1. The Bertz CT molecular complexity index is 369. The summed E-state index contributed by atoms with van der Waals surface area (Å²) in [5.41, 5.74) is 0.903. The first-order valence-corrected chi connectivity index (χ1v) is 5.03. The van der Waals surface area contributed by atoms with Crippen molar-refractivity contribution >= 4 is 11.7 Å². The molecule has 0 spiro atoms. The molecule has 1 amide bonds. The van der Waals surface area contributed by atoms with Crippen LogP contribution < -0.4 is 5.32 Å². The number of nitrogens with zero attached hydrogens (tertiary/aromatic N) is 2. The van der Waals surface area contributed by atoms with Gasteiger partial charge in [-0.2, -0.15) is 5.10 Å². The van der Waals surface area contributed by atoms with Gasteiger partial charge < -0.3 is 10.1 Å². The zero-order valence-electron chi connectivity index (χ0n) is 8.99. The first-order valence-electron chi connectivity index (χ1n) is 5.03. The lowest BCUT2D eigenvalue weighted by molar-refractivity contribution is -0.121. The Morgan fingerprint density at radius 1 is 1.73 bits per heavy atom. The number of anilines is 1. The third-order valence-corrected chi connectivity index (χ3v) is 2.45. The average Bonchev–Trinajstić information content (AvgIpc) is 2.38. The summed E-state index contributed by atoms with van der Waals surface area (Å²) in [6, 6.07) is 1.86. The van der Waals surface area contributed by atoms with Gasteiger partial charge in [-0.1, -0.05) is 0 Å². The molecule has 1 fully saturated rings. The number of aryl methyl sites for hydroxylation is 2. The Morgan fingerprint density at radius 3 is 2.93 bits per heavy atom. The average molecular weight is 209 g/mol. The summed E-state index contributed by atoms with van der Waals surface area (Å²) >= 11 is 0. The fourth-order valence-electron chi connectivity index (χ4n) is 1.59. The maximum absolute atomic E-state index is 11.6. The van der Waals surface area contributed by atoms with Gasteiger partial charge in [0.15, 0.2) is 0 Å². The molecule has 5 heteroatoms. The van der Waals surface area contributed by atoms with E-state index in [9.17, 15) is 4.79 Å². The van der Waals surface area contributed by atoms with Gasteiger partial charge in [0.2, 0.25) is 5.91 Å². The molecular formula is C10H15N3O2. The molecule has 82 valence electrons. The van der Waals surface area contributed by atoms with E-state index in [1.54, 1.807) is 4.68 Å². The highest BCUT2D eigenvalue weighted by molar-refractivity contribution is 5.90. The molecule has 1 aromatic rings. The topological polar surface area (TPSA) is 56.1 Å². The molecular weight excluding hydrogens is 194 g/mol. The highest BCUT2D eigenvalue weighted by Crippen LogP contribution is 2.16. The number of nitrogens with one attached hydrogen (secondary N) is 1. The number of rotatable bonds is 3. The summed E-state index contributed by atoms with van der Waals surface area (Å²) in [5, 5.41) is 6.99. The van der Waals surface area contributed by atoms with Crippen LogP contribution in [0, 0.1) is 12.8 Å². The molecule has 1 aliphatic rings. The van der Waals surface area contributed by atoms with Gasteiger partial charge in [-0.25, -0.2) is 0 Å². The van der Waals surface area contributed by atoms with Crippen molar-refractivity contribution < 1.29 is 9.53 Å². The fourth-order valence-corrected chi connectivity index (χ4v) is 1.59. The summed E-state index contributed by atoms with van der Waals surface area (Å²) in [6.45, 7) is 3.31. The van der Waals surface area contributed by atoms with Gasteiger partial charge in [0, 0.05) is 25.5 Å². The second-order valence-electron chi connectivity index (χ2n) is 3.95. The van der Waals surface area contributed by atoms with Crippen molar-refractivity contribution in [1.82, 2.24) is 9.78 Å². The fraction of sp³-hybridized carbons (Fsp3) is 0.600. The van der Waals surface area contributed by atoms with Gasteiger partial charge in [0.1, 0.15) is 5.82 Å². The summed E-state index contributed by atoms with van der Waals surface area (Å²) in [5.74, 6) is 1.17. The van der Waals surface area contributed by atoms with Crippen LogP contribution in [0.3, 0.4) is 0 Å². The lowest BCUT2D eigenvalue weighted by Crippen LogP contribution is -2.31. The minimum atomic E-state index is 0.0336. The molecule has 2 heterocycles. The molecule has 15 heavy (non-hydrogen) atoms. The van der Waals surface area contributed by atoms with E-state index < -0.39 is 0 Å². The molecule has 1 N–H and O–H groups in total. The number of aromatic nitrogens is 2. The van der Waals surface area contributed by atoms with Crippen molar-refractivity contribution in [3.63, 3.8) is 0 Å². The van der Waals surface area contributed by atoms with Crippen LogP contribution in [0.1, 0.15) is 12.1 Å². The van der Waals surface area contributed by atoms with Crippen molar-refractivity contribution in [3.05, 3.63) is 11.8 Å². The Labute approximate surface area is 88.4 Å². The zero-order chi connectivity index (χ0) is 10.8. The Morgan fingerprint density at radius 2 is 2.47 bits per heavy atom. The first-order chi connectivity index (χ1) is 7.15. The molecule has 0 atom stereocenters. The van der Waals surface area contributed by atoms with E-state index in [0.29, 0.717) is 25.6 Å². The highest BCUT2D eigenvalue weighted by atomic mass is 16.5. The van der Waals surface area contributed by atoms with Crippen LogP contribution in [0.2, 0.25) is 0 Å². The summed E-state index contributed by atoms with van der Waals surface area (Å²) in [7, 11) is 1.81. The van der Waals surface area contributed by atoms with Crippen molar-refractivity contribution in [2.24, 2.45) is 13.0 Å². The van der Waals surface area contributed by atoms with Crippen molar-refractivity contribution in [2.75, 3.05) is 18.5 Å². The number of carbonyl (C=O) groups excluding carboxylic acids is 1. The molecule has 0 unspecified atom stereocenters. The Balaban J connectivity index is 1.90. The second-order valence-corrected chi connectivity index (χ2v) is 3.95. The standard InChI is InChI=1S/C10H15N3O2/c1-7-3-9(13(2)12-7)11-10(14)4-8-5-15-6-8/h3,8H,4-6H2,1-2H3,(H,11,14). The minimum absolute atomic E-state index is 0.0336. The van der Waals surface area contributed by atoms with Crippen LogP contribution >= 0.6 is 0 Å². The maximum Gasteiger partial charge on any atom is 0.225 e. The third-order valence-electron chi connectivity index (χ3n) is 2.45. The number of ether oxygens (including phenoxy) is 1. The normalized spacial score (nSPS) is 16.1. The van der Waals surface area contributed by atoms with E-state index in [2.05, 4.69) is 10.4 Å². The quantitative estimate of drug-likeness (QED) is 0.797. The molecule has 0 aromatic carbocycles. The van der Waals surface area contributed by atoms with E-state index >= 15 is 0 Å². The van der Waals surface area contributed by atoms with Gasteiger partial charge in [-0.15, -0.1) is 0 Å². The zero-order valence-corrected chi connectivity index (χ0v) is 8.99. The van der Waals surface area contributed by atoms with Gasteiger partial charge in [0.25, 0.3) is 0 Å². The predicted molar refractivity (Wildman–Crippen MR) is 55.5 cm³/mol. The van der Waals surface area contributed by atoms with E-state index in [1.807, 2.05) is 20.0 Å². The van der Waals surface area contributed by atoms with Gasteiger partial charge >= 0.3 is 0 Å². The first kappa shape index (κ1) is 10.2. The monoisotopic (exact) mass is 209 g/mol. The Kier molecular flexibility index (Phi) is 2.73. The van der Waals surface area contributed by atoms with Crippen molar-refractivity contribution in [3.8, 4) is 0 Å². The number of hydrogen-bond acceptors (Lipinski definition) is 3. The second kappa shape index (κ2) is 4.02. The van der Waals surface area contributed by atoms with Crippen LogP contribution in [0.4, 0.5) is 5.82 Å². The van der Waals surface area contributed by atoms with Crippen LogP contribution in [-0.4, -0.2) is 28.9 Å². The maximum atomic E-state index is 11.6. The Hall–Kier alpha value is -1.36. The minimum Gasteiger partial charge on any atom is -0.381 e. The molecule has 1 aromatic heterocycles. The highest BCUT2D eigenvalue weighted by Gasteiger charge is 2.21. The van der Waals surface area contributed by atoms with E-state index in [-0.39, 0.29) is 5.91 Å². The van der Waals surface area contributed by atoms with E-state index in [1.165, 1.54) is 0 Å². The lowest BCUT2D eigenvalue weighted by atomic mass is 10.0. The largest absolute Gasteiger partial charge is 0.381 e. The van der Waals surface area contributed by atoms with E-state index in [0.717, 1.165) is 11.5 Å². The summed E-state index contributed by atoms with van der Waals surface area (Å²) in [4.78, 5) is 11.6. The van der Waals surface area contributed by atoms with Crippen molar-refractivity contribution in [2.45, 2.75) is 13.3 Å². The number of carbonyl (C=O) groups is 1. The lowest BCUT2D eigenvalue weighted by Gasteiger charge is -2.25. The number of hydrogen-bond donors (Lipinski definition) is 1. The van der Waals surface area contributed by atoms with Crippen LogP contribution in [0.5, 0.6) is 0 Å². The smallest absolute Gasteiger partial charge is 0.225 e. The molecule has 0 aliphatic carbocycles. The summed E-state index contributed by atoms with van der Waals surface area (Å²) < 4.78 is 6.69. The van der Waals surface area contributed by atoms with Gasteiger partial charge in [-0.3, -0.25) is 9.48 Å². The van der Waals surface area contributed by atoms with Gasteiger partial charge in [-0.05, 0) is 6.92 Å². The predicted octanol–water partition coefficient (Wildman–Crippen LogP) is 0.704. The molecule has 1 saturated heterocycles. The summed E-state index contributed by atoms with van der Waals surface area (Å²) in [6.07, 6.45) is 0.532. The van der Waals surface area contributed by atoms with Gasteiger partial charge in [0.05, 0.1) is 18.9 Å². The molecule has 5 nitrogen and oxygen atoms in total. The third kappa shape index (κ3) is 2.36. The van der Waals surface area contributed by atoms with Crippen LogP contribution in [0.25, 0.3) is 0 Å².